The van der Waals surface area contributed by atoms with Crippen LogP contribution in [0.4, 0.5) is 0 Å². The van der Waals surface area contributed by atoms with Gasteiger partial charge in [0.1, 0.15) is 6.04 Å². The summed E-state index contributed by atoms with van der Waals surface area (Å²) in [4.78, 5) is 40.9. The minimum absolute atomic E-state index is 0.000722. The second-order valence-corrected chi connectivity index (χ2v) is 14.2. The molecule has 3 aliphatic carbocycles. The van der Waals surface area contributed by atoms with Crippen LogP contribution in [-0.2, 0) is 18.9 Å². The summed E-state index contributed by atoms with van der Waals surface area (Å²) in [7, 11) is -0.569. The molecule has 13 heteroatoms. The van der Waals surface area contributed by atoms with Crippen LogP contribution in [0.3, 0.4) is 0 Å². The zero-order chi connectivity index (χ0) is 30.0. The maximum atomic E-state index is 13.6. The lowest BCUT2D eigenvalue weighted by molar-refractivity contribution is -0.525. The lowest BCUT2D eigenvalue weighted by atomic mass is 9.43. The van der Waals surface area contributed by atoms with E-state index in [9.17, 15) is 19.7 Å². The number of nitro groups is 1. The van der Waals surface area contributed by atoms with E-state index in [-0.39, 0.29) is 71.6 Å². The maximum Gasteiger partial charge on any atom is 0.481 e. The molecule has 4 aliphatic rings. The number of nitrogens with zero attached hydrogens (tertiary/aromatic N) is 2. The molecule has 1 saturated heterocycles. The first-order valence-corrected chi connectivity index (χ1v) is 14.6. The fraction of sp³-hybridized carbons (Fsp3) is 0.889. The van der Waals surface area contributed by atoms with E-state index in [2.05, 4.69) is 50.2 Å². The topological polar surface area (TPSA) is 170 Å². The van der Waals surface area contributed by atoms with Crippen LogP contribution in [-0.4, -0.2) is 60.2 Å². The summed E-state index contributed by atoms with van der Waals surface area (Å²) in [6, 6.07) is -0.810. The molecule has 2 bridgehead atoms. The van der Waals surface area contributed by atoms with Crippen LogP contribution in [0.15, 0.2) is 4.99 Å². The van der Waals surface area contributed by atoms with Crippen LogP contribution in [0.1, 0.15) is 93.9 Å². The smallest absolute Gasteiger partial charge is 0.404 e. The summed E-state index contributed by atoms with van der Waals surface area (Å²) in [5.74, 6) is 0.0761. The Morgan fingerprint density at radius 1 is 1.20 bits per heavy atom. The van der Waals surface area contributed by atoms with Crippen molar-refractivity contribution in [2.75, 3.05) is 6.54 Å². The van der Waals surface area contributed by atoms with Gasteiger partial charge in [0.2, 0.25) is 11.8 Å². The molecular weight excluding hydrogens is 515 g/mol. The molecule has 40 heavy (non-hydrogen) atoms. The second kappa shape index (κ2) is 12.2. The van der Waals surface area contributed by atoms with Crippen molar-refractivity contribution in [3.63, 3.8) is 0 Å². The van der Waals surface area contributed by atoms with Crippen LogP contribution in [0.2, 0.25) is 0 Å². The van der Waals surface area contributed by atoms with Crippen molar-refractivity contribution < 1.29 is 23.9 Å². The first-order chi connectivity index (χ1) is 18.4. The molecule has 1 aliphatic heterocycles. The normalized spacial score (nSPS) is 28.8. The largest absolute Gasteiger partial charge is 0.481 e. The van der Waals surface area contributed by atoms with Crippen molar-refractivity contribution in [1.29, 1.82) is 0 Å². The van der Waals surface area contributed by atoms with Crippen molar-refractivity contribution in [3.05, 3.63) is 10.1 Å². The standard InChI is InChI=1S/C27H49BN6O6/c1-16(2)12-21(28-39-20-14-17-13-19(26(17,6)7)27(20,8)40-28)32-23(36)18(31-22(35)15-25(3,4)5)10-9-11-30-24(29)33-34(37)38/h16-21H,9-15H2,1-8H3,(H,31,35)(H,32,36)(H3,29,30,33)/t17-,18-,19-,20+,21-,27-/m0/s1. The van der Waals surface area contributed by atoms with Gasteiger partial charge in [0.15, 0.2) is 5.03 Å². The molecule has 0 aromatic rings. The molecule has 0 spiro atoms. The summed E-state index contributed by atoms with van der Waals surface area (Å²) >= 11 is 0. The highest BCUT2D eigenvalue weighted by Crippen LogP contribution is 2.65. The van der Waals surface area contributed by atoms with Gasteiger partial charge in [-0.3, -0.25) is 9.59 Å². The summed E-state index contributed by atoms with van der Waals surface area (Å²) < 4.78 is 13.2. The van der Waals surface area contributed by atoms with Crippen LogP contribution < -0.4 is 21.8 Å². The number of carbonyl (C=O) groups is 2. The number of rotatable bonds is 12. The molecule has 6 atom stereocenters. The van der Waals surface area contributed by atoms with Gasteiger partial charge >= 0.3 is 7.12 Å². The van der Waals surface area contributed by atoms with Gasteiger partial charge in [-0.15, -0.1) is 0 Å². The average Bonchev–Trinajstić information content (AvgIpc) is 3.15. The lowest BCUT2D eigenvalue weighted by Crippen LogP contribution is -2.65. The molecule has 226 valence electrons. The molecule has 0 aromatic heterocycles. The first kappa shape index (κ1) is 32.1. The molecule has 1 heterocycles. The van der Waals surface area contributed by atoms with E-state index in [0.717, 1.165) is 12.8 Å². The Kier molecular flexibility index (Phi) is 9.81. The number of amides is 2. The fourth-order valence-electron chi connectivity index (χ4n) is 6.72. The summed E-state index contributed by atoms with van der Waals surface area (Å²) in [5, 5.41) is 15.8. The van der Waals surface area contributed by atoms with Crippen molar-refractivity contribution in [3.8, 4) is 0 Å². The third-order valence-corrected chi connectivity index (χ3v) is 8.83. The van der Waals surface area contributed by atoms with Gasteiger partial charge in [0.05, 0.1) is 17.6 Å². The number of hydrogen-bond donors (Lipinski definition) is 4. The van der Waals surface area contributed by atoms with Gasteiger partial charge in [-0.1, -0.05) is 53.9 Å². The predicted molar refractivity (Wildman–Crippen MR) is 153 cm³/mol. The van der Waals surface area contributed by atoms with E-state index in [0.29, 0.717) is 24.7 Å². The Labute approximate surface area is 238 Å². The monoisotopic (exact) mass is 564 g/mol. The molecule has 3 saturated carbocycles. The van der Waals surface area contributed by atoms with Crippen LogP contribution in [0, 0.1) is 38.7 Å². The van der Waals surface area contributed by atoms with Crippen molar-refractivity contribution in [1.82, 2.24) is 16.1 Å². The molecular formula is C27H49BN6O6. The van der Waals surface area contributed by atoms with Crippen LogP contribution >= 0.6 is 0 Å². The summed E-state index contributed by atoms with van der Waals surface area (Å²) in [6.07, 6.45) is 3.69. The number of hydrogen-bond acceptors (Lipinski definition) is 7. The summed E-state index contributed by atoms with van der Waals surface area (Å²) in [5.41, 5.74) is 6.87. The number of aliphatic imine (C=N–C) groups is 1. The number of carbonyl (C=O) groups excluding carboxylic acids is 2. The quantitative estimate of drug-likeness (QED) is 0.0700. The first-order valence-electron chi connectivity index (χ1n) is 14.6. The molecule has 0 aromatic carbocycles. The summed E-state index contributed by atoms with van der Waals surface area (Å²) in [6.45, 7) is 17.0. The third-order valence-electron chi connectivity index (χ3n) is 8.83. The molecule has 4 rings (SSSR count). The lowest BCUT2D eigenvalue weighted by Gasteiger charge is -2.64. The Morgan fingerprint density at radius 2 is 1.88 bits per heavy atom. The van der Waals surface area contributed by atoms with Crippen molar-refractivity contribution in [2.24, 2.45) is 39.3 Å². The van der Waals surface area contributed by atoms with E-state index >= 15 is 0 Å². The fourth-order valence-corrected chi connectivity index (χ4v) is 6.72. The highest BCUT2D eigenvalue weighted by molar-refractivity contribution is 6.48. The second-order valence-electron chi connectivity index (χ2n) is 14.2. The van der Waals surface area contributed by atoms with Gasteiger partial charge in [-0.05, 0) is 67.6 Å². The van der Waals surface area contributed by atoms with Gasteiger partial charge in [-0.25, -0.2) is 15.1 Å². The van der Waals surface area contributed by atoms with Gasteiger partial charge in [0, 0.05) is 13.0 Å². The number of hydrazine groups is 1. The van der Waals surface area contributed by atoms with Crippen molar-refractivity contribution in [2.45, 2.75) is 118 Å². The molecule has 0 unspecified atom stereocenters. The zero-order valence-electron chi connectivity index (χ0n) is 25.4. The number of guanidine groups is 1. The maximum absolute atomic E-state index is 13.6. The van der Waals surface area contributed by atoms with E-state index < -0.39 is 18.2 Å². The molecule has 4 fully saturated rings. The number of nitrogens with two attached hydrogens (primary N) is 1. The Bertz CT molecular complexity index is 985. The highest BCUT2D eigenvalue weighted by Gasteiger charge is 2.68. The zero-order valence-corrected chi connectivity index (χ0v) is 25.4. The van der Waals surface area contributed by atoms with E-state index in [1.807, 2.05) is 20.8 Å². The Hall–Kier alpha value is -2.41. The third kappa shape index (κ3) is 7.66. The number of nitrogens with one attached hydrogen (secondary N) is 3. The van der Waals surface area contributed by atoms with Crippen molar-refractivity contribution >= 4 is 24.9 Å². The van der Waals surface area contributed by atoms with Crippen LogP contribution in [0.25, 0.3) is 0 Å². The molecule has 12 nitrogen and oxygen atoms in total. The predicted octanol–water partition coefficient (Wildman–Crippen LogP) is 2.58. The minimum Gasteiger partial charge on any atom is -0.404 e. The Morgan fingerprint density at radius 3 is 2.45 bits per heavy atom. The highest BCUT2D eigenvalue weighted by atomic mass is 16.7. The average molecular weight is 565 g/mol. The Balaban J connectivity index is 1.70. The molecule has 2 amide bonds. The van der Waals surface area contributed by atoms with E-state index in [4.69, 9.17) is 15.0 Å². The minimum atomic E-state index is -0.810. The van der Waals surface area contributed by atoms with Gasteiger partial charge in [0.25, 0.3) is 5.96 Å². The van der Waals surface area contributed by atoms with E-state index in [1.54, 1.807) is 5.43 Å². The van der Waals surface area contributed by atoms with Gasteiger partial charge < -0.3 is 25.7 Å². The van der Waals surface area contributed by atoms with Gasteiger partial charge in [-0.2, -0.15) is 0 Å². The SMILES string of the molecule is CC(C)C[C@H](NC(=O)[C@H](CCCN=C(N)N[N+](=O)[O-])NC(=O)CC(C)(C)C)B1O[C@@H]2C[C@@H]3C[C@@H](C3(C)C)[C@]2(C)O1. The van der Waals surface area contributed by atoms with E-state index in [1.165, 1.54) is 0 Å². The molecule has 0 radical (unpaired) electrons. The van der Waals surface area contributed by atoms with Crippen LogP contribution in [0.5, 0.6) is 0 Å². The molecule has 5 N–H and O–H groups in total.